The zero-order valence-corrected chi connectivity index (χ0v) is 12.8. The van der Waals surface area contributed by atoms with E-state index >= 15 is 0 Å². The number of nitrogens with two attached hydrogens (primary N) is 1. The summed E-state index contributed by atoms with van der Waals surface area (Å²) in [5.41, 5.74) is 8.26. The van der Waals surface area contributed by atoms with E-state index in [0.717, 1.165) is 29.5 Å². The van der Waals surface area contributed by atoms with Gasteiger partial charge in [0.15, 0.2) is 0 Å². The normalized spacial score (nSPS) is 19.4. The third-order valence-electron chi connectivity index (χ3n) is 3.67. The van der Waals surface area contributed by atoms with Gasteiger partial charge < -0.3 is 10.5 Å². The van der Waals surface area contributed by atoms with Crippen molar-refractivity contribution in [3.8, 4) is 0 Å². The van der Waals surface area contributed by atoms with E-state index in [9.17, 15) is 8.42 Å². The van der Waals surface area contributed by atoms with Gasteiger partial charge in [-0.05, 0) is 49.4 Å². The van der Waals surface area contributed by atoms with Crippen molar-refractivity contribution in [2.45, 2.75) is 44.2 Å². The van der Waals surface area contributed by atoms with Crippen molar-refractivity contribution in [1.29, 1.82) is 0 Å². The highest BCUT2D eigenvalue weighted by atomic mass is 32.2. The second-order valence-electron chi connectivity index (χ2n) is 5.24. The number of benzene rings is 1. The molecule has 1 aromatic rings. The van der Waals surface area contributed by atoms with Crippen LogP contribution in [0.2, 0.25) is 0 Å². The van der Waals surface area contributed by atoms with Gasteiger partial charge in [-0.3, -0.25) is 0 Å². The van der Waals surface area contributed by atoms with Crippen molar-refractivity contribution in [3.63, 3.8) is 0 Å². The third-order valence-corrected chi connectivity index (χ3v) is 5.23. The van der Waals surface area contributed by atoms with Crippen LogP contribution < -0.4 is 10.5 Å². The van der Waals surface area contributed by atoms with E-state index in [2.05, 4.69) is 4.72 Å². The molecule has 0 spiro atoms. The molecule has 0 aromatic heterocycles. The minimum absolute atomic E-state index is 0.00971. The first-order chi connectivity index (χ1) is 9.44. The number of aryl methyl sites for hydroxylation is 2. The molecule has 2 rings (SSSR count). The molecule has 0 bridgehead atoms. The zero-order valence-electron chi connectivity index (χ0n) is 12.0. The van der Waals surface area contributed by atoms with Gasteiger partial charge in [0.05, 0.1) is 11.0 Å². The molecular formula is C14H22N2O3S. The topological polar surface area (TPSA) is 81.4 Å². The van der Waals surface area contributed by atoms with Gasteiger partial charge in [-0.15, -0.1) is 0 Å². The molecule has 0 amide bonds. The highest BCUT2D eigenvalue weighted by Gasteiger charge is 2.22. The maximum atomic E-state index is 12.4. The number of hydrogen-bond donors (Lipinski definition) is 2. The SMILES string of the molecule is Cc1cc(C)c(S(=O)(=O)NCC2CCCO2)cc1CN. The Kier molecular flexibility index (Phi) is 4.80. The molecule has 0 radical (unpaired) electrons. The van der Waals surface area contributed by atoms with Crippen LogP contribution >= 0.6 is 0 Å². The second kappa shape index (κ2) is 6.22. The smallest absolute Gasteiger partial charge is 0.240 e. The summed E-state index contributed by atoms with van der Waals surface area (Å²) in [6, 6.07) is 3.53. The monoisotopic (exact) mass is 298 g/mol. The first-order valence-corrected chi connectivity index (χ1v) is 8.34. The Morgan fingerprint density at radius 3 is 2.70 bits per heavy atom. The van der Waals surface area contributed by atoms with E-state index in [4.69, 9.17) is 10.5 Å². The molecule has 3 N–H and O–H groups in total. The van der Waals surface area contributed by atoms with Crippen LogP contribution in [0.25, 0.3) is 0 Å². The first-order valence-electron chi connectivity index (χ1n) is 6.85. The average molecular weight is 298 g/mol. The molecule has 1 atom stereocenters. The number of rotatable bonds is 5. The van der Waals surface area contributed by atoms with Crippen LogP contribution in [-0.2, 0) is 21.3 Å². The summed E-state index contributed by atoms with van der Waals surface area (Å²) < 4.78 is 32.8. The van der Waals surface area contributed by atoms with E-state index in [1.165, 1.54) is 0 Å². The van der Waals surface area contributed by atoms with Crippen LogP contribution in [0.3, 0.4) is 0 Å². The fourth-order valence-electron chi connectivity index (χ4n) is 2.47. The fraction of sp³-hybridized carbons (Fsp3) is 0.571. The van der Waals surface area contributed by atoms with Gasteiger partial charge in [0.1, 0.15) is 0 Å². The summed E-state index contributed by atoms with van der Waals surface area (Å²) in [6.45, 7) is 5.11. The Morgan fingerprint density at radius 1 is 1.35 bits per heavy atom. The molecule has 0 aliphatic carbocycles. The van der Waals surface area contributed by atoms with Gasteiger partial charge in [0.2, 0.25) is 10.0 Å². The minimum Gasteiger partial charge on any atom is -0.377 e. The highest BCUT2D eigenvalue weighted by molar-refractivity contribution is 7.89. The van der Waals surface area contributed by atoms with Gasteiger partial charge in [-0.2, -0.15) is 0 Å². The lowest BCUT2D eigenvalue weighted by atomic mass is 10.1. The van der Waals surface area contributed by atoms with Crippen LogP contribution in [0.1, 0.15) is 29.5 Å². The molecule has 1 heterocycles. The van der Waals surface area contributed by atoms with Gasteiger partial charge >= 0.3 is 0 Å². The van der Waals surface area contributed by atoms with E-state index in [0.29, 0.717) is 24.6 Å². The fourth-order valence-corrected chi connectivity index (χ4v) is 3.81. The lowest BCUT2D eigenvalue weighted by Gasteiger charge is -2.14. The summed E-state index contributed by atoms with van der Waals surface area (Å²) in [6.07, 6.45) is 1.89. The molecule has 5 nitrogen and oxygen atoms in total. The number of nitrogens with one attached hydrogen (secondary N) is 1. The summed E-state index contributed by atoms with van der Waals surface area (Å²) >= 11 is 0. The van der Waals surface area contributed by atoms with Gasteiger partial charge in [0, 0.05) is 19.7 Å². The van der Waals surface area contributed by atoms with Crippen molar-refractivity contribution in [2.75, 3.05) is 13.2 Å². The molecule has 1 aliphatic rings. The lowest BCUT2D eigenvalue weighted by molar-refractivity contribution is 0.114. The van der Waals surface area contributed by atoms with Crippen LogP contribution in [-0.4, -0.2) is 27.7 Å². The average Bonchev–Trinajstić information content (AvgIpc) is 2.89. The summed E-state index contributed by atoms with van der Waals surface area (Å²) in [5.74, 6) is 0. The van der Waals surface area contributed by atoms with E-state index in [1.54, 1.807) is 13.0 Å². The first kappa shape index (κ1) is 15.4. The Labute approximate surface area is 120 Å². The van der Waals surface area contributed by atoms with Crippen LogP contribution in [0.4, 0.5) is 0 Å². The maximum absolute atomic E-state index is 12.4. The Balaban J connectivity index is 2.19. The predicted octanol–water partition coefficient (Wildman–Crippen LogP) is 1.22. The zero-order chi connectivity index (χ0) is 14.8. The van der Waals surface area contributed by atoms with Gasteiger partial charge in [-0.25, -0.2) is 13.1 Å². The molecule has 0 saturated carbocycles. The molecule has 1 saturated heterocycles. The molecule has 6 heteroatoms. The summed E-state index contributed by atoms with van der Waals surface area (Å²) in [7, 11) is -3.51. The van der Waals surface area contributed by atoms with Crippen molar-refractivity contribution >= 4 is 10.0 Å². The third kappa shape index (κ3) is 3.38. The Morgan fingerprint density at radius 2 is 2.10 bits per heavy atom. The maximum Gasteiger partial charge on any atom is 0.240 e. The van der Waals surface area contributed by atoms with E-state index in [1.807, 2.05) is 13.0 Å². The molecule has 1 aromatic carbocycles. The van der Waals surface area contributed by atoms with Gasteiger partial charge in [-0.1, -0.05) is 6.07 Å². The molecule has 1 fully saturated rings. The minimum atomic E-state index is -3.51. The predicted molar refractivity (Wildman–Crippen MR) is 78.0 cm³/mol. The lowest BCUT2D eigenvalue weighted by Crippen LogP contribution is -2.32. The molecule has 1 unspecified atom stereocenters. The largest absolute Gasteiger partial charge is 0.377 e. The number of sulfonamides is 1. The van der Waals surface area contributed by atoms with Crippen LogP contribution in [0, 0.1) is 13.8 Å². The van der Waals surface area contributed by atoms with Crippen LogP contribution in [0.5, 0.6) is 0 Å². The van der Waals surface area contributed by atoms with Crippen molar-refractivity contribution < 1.29 is 13.2 Å². The molecule has 20 heavy (non-hydrogen) atoms. The quantitative estimate of drug-likeness (QED) is 0.856. The molecular weight excluding hydrogens is 276 g/mol. The number of hydrogen-bond acceptors (Lipinski definition) is 4. The Bertz CT molecular complexity index is 578. The van der Waals surface area contributed by atoms with E-state index in [-0.39, 0.29) is 6.10 Å². The van der Waals surface area contributed by atoms with Crippen molar-refractivity contribution in [1.82, 2.24) is 4.72 Å². The highest BCUT2D eigenvalue weighted by Crippen LogP contribution is 2.21. The molecule has 112 valence electrons. The summed E-state index contributed by atoms with van der Waals surface area (Å²) in [4.78, 5) is 0.307. The van der Waals surface area contributed by atoms with E-state index < -0.39 is 10.0 Å². The Hall–Kier alpha value is -0.950. The van der Waals surface area contributed by atoms with Gasteiger partial charge in [0.25, 0.3) is 0 Å². The summed E-state index contributed by atoms with van der Waals surface area (Å²) in [5, 5.41) is 0. The second-order valence-corrected chi connectivity index (χ2v) is 6.97. The van der Waals surface area contributed by atoms with Crippen molar-refractivity contribution in [3.05, 3.63) is 28.8 Å². The number of ether oxygens (including phenoxy) is 1. The van der Waals surface area contributed by atoms with Crippen LogP contribution in [0.15, 0.2) is 17.0 Å². The standard InChI is InChI=1S/C14H22N2O3S/c1-10-6-11(2)14(7-12(10)8-15)20(17,18)16-9-13-4-3-5-19-13/h6-7,13,16H,3-5,8-9,15H2,1-2H3. The van der Waals surface area contributed by atoms with Crippen molar-refractivity contribution in [2.24, 2.45) is 5.73 Å². The molecule has 1 aliphatic heterocycles.